The molecule has 3 N–H and O–H groups in total. The Kier molecular flexibility index (Phi) is 5.95. The fourth-order valence-electron chi connectivity index (χ4n) is 3.88. The molecule has 1 aliphatic heterocycles. The molecule has 1 saturated heterocycles. The SMILES string of the molecule is CO[C@]1(C)C(O)C(CO)O[C@H]1n1cc(C#Cc2ccccc2)c2c(NC(C)=O)ncnc21. The summed E-state index contributed by atoms with van der Waals surface area (Å²) in [7, 11) is 1.47. The van der Waals surface area contributed by atoms with Crippen LogP contribution in [0.2, 0.25) is 0 Å². The molecule has 3 aromatic rings. The van der Waals surface area contributed by atoms with Crippen LogP contribution in [-0.4, -0.2) is 62.2 Å². The van der Waals surface area contributed by atoms with Crippen LogP contribution in [-0.2, 0) is 14.3 Å². The zero-order valence-electron chi connectivity index (χ0n) is 17.9. The van der Waals surface area contributed by atoms with E-state index >= 15 is 0 Å². The van der Waals surface area contributed by atoms with Gasteiger partial charge in [0.25, 0.3) is 0 Å². The lowest BCUT2D eigenvalue weighted by molar-refractivity contribution is -0.118. The molecular weight excluding hydrogens is 412 g/mol. The molecule has 4 rings (SSSR count). The minimum atomic E-state index is -1.16. The van der Waals surface area contributed by atoms with Crippen molar-refractivity contribution in [1.82, 2.24) is 14.5 Å². The molecule has 1 fully saturated rings. The first-order chi connectivity index (χ1) is 15.4. The van der Waals surface area contributed by atoms with Crippen LogP contribution in [0, 0.1) is 11.8 Å². The molecular formula is C23H24N4O5. The first-order valence-corrected chi connectivity index (χ1v) is 10.1. The number of methoxy groups -OCH3 is 1. The van der Waals surface area contributed by atoms with Gasteiger partial charge in [0.05, 0.1) is 17.6 Å². The lowest BCUT2D eigenvalue weighted by Gasteiger charge is -2.31. The van der Waals surface area contributed by atoms with Gasteiger partial charge in [-0.3, -0.25) is 4.79 Å². The highest BCUT2D eigenvalue weighted by Crippen LogP contribution is 2.43. The fourth-order valence-corrected chi connectivity index (χ4v) is 3.88. The Morgan fingerprint density at radius 2 is 2.06 bits per heavy atom. The molecule has 1 aliphatic rings. The third kappa shape index (κ3) is 3.74. The molecule has 0 spiro atoms. The fraction of sp³-hybridized carbons (Fsp3) is 0.348. The summed E-state index contributed by atoms with van der Waals surface area (Å²) >= 11 is 0. The van der Waals surface area contributed by atoms with Crippen molar-refractivity contribution in [3.05, 3.63) is 54.0 Å². The van der Waals surface area contributed by atoms with Gasteiger partial charge in [-0.25, -0.2) is 9.97 Å². The zero-order chi connectivity index (χ0) is 22.9. The number of hydrogen-bond donors (Lipinski definition) is 3. The highest BCUT2D eigenvalue weighted by Gasteiger charge is 2.54. The number of aliphatic hydroxyl groups is 2. The lowest BCUT2D eigenvalue weighted by Crippen LogP contribution is -2.46. The molecule has 1 amide bonds. The molecule has 166 valence electrons. The van der Waals surface area contributed by atoms with Gasteiger partial charge in [-0.1, -0.05) is 30.0 Å². The van der Waals surface area contributed by atoms with Crippen molar-refractivity contribution in [1.29, 1.82) is 0 Å². The van der Waals surface area contributed by atoms with Crippen molar-refractivity contribution in [3.63, 3.8) is 0 Å². The third-order valence-electron chi connectivity index (χ3n) is 5.62. The largest absolute Gasteiger partial charge is 0.394 e. The number of hydrogen-bond acceptors (Lipinski definition) is 7. The Morgan fingerprint density at radius 1 is 1.31 bits per heavy atom. The number of nitrogens with zero attached hydrogens (tertiary/aromatic N) is 3. The molecule has 0 radical (unpaired) electrons. The molecule has 2 aromatic heterocycles. The van der Waals surface area contributed by atoms with Crippen molar-refractivity contribution in [2.24, 2.45) is 0 Å². The van der Waals surface area contributed by atoms with Gasteiger partial charge < -0.3 is 29.6 Å². The van der Waals surface area contributed by atoms with Gasteiger partial charge in [-0.2, -0.15) is 0 Å². The Labute approximate surface area is 185 Å². The van der Waals surface area contributed by atoms with Crippen molar-refractivity contribution in [3.8, 4) is 11.8 Å². The minimum absolute atomic E-state index is 0.283. The van der Waals surface area contributed by atoms with E-state index in [1.165, 1.54) is 20.4 Å². The second kappa shape index (κ2) is 8.68. The Hall–Kier alpha value is -3.29. The quantitative estimate of drug-likeness (QED) is 0.530. The van der Waals surface area contributed by atoms with Gasteiger partial charge in [-0.15, -0.1) is 0 Å². The summed E-state index contributed by atoms with van der Waals surface area (Å²) in [5.41, 5.74) is 0.668. The molecule has 3 heterocycles. The van der Waals surface area contributed by atoms with Crippen molar-refractivity contribution < 1.29 is 24.5 Å². The van der Waals surface area contributed by atoms with E-state index in [9.17, 15) is 15.0 Å². The van der Waals surface area contributed by atoms with Crippen LogP contribution in [0.3, 0.4) is 0 Å². The van der Waals surface area contributed by atoms with E-state index in [1.54, 1.807) is 17.7 Å². The summed E-state index contributed by atoms with van der Waals surface area (Å²) in [6.07, 6.45) is 0.343. The number of anilines is 1. The number of rotatable bonds is 4. The number of aromatic nitrogens is 3. The Balaban J connectivity index is 1.91. The number of carbonyl (C=O) groups is 1. The topological polar surface area (TPSA) is 119 Å². The van der Waals surface area contributed by atoms with Gasteiger partial charge in [0.1, 0.15) is 35.6 Å². The number of benzene rings is 1. The van der Waals surface area contributed by atoms with Gasteiger partial charge >= 0.3 is 0 Å². The van der Waals surface area contributed by atoms with E-state index in [1.807, 2.05) is 30.3 Å². The maximum atomic E-state index is 11.8. The molecule has 0 saturated carbocycles. The van der Waals surface area contributed by atoms with Crippen molar-refractivity contribution >= 4 is 22.8 Å². The summed E-state index contributed by atoms with van der Waals surface area (Å²) in [6, 6.07) is 9.48. The third-order valence-corrected chi connectivity index (χ3v) is 5.62. The number of aliphatic hydroxyl groups excluding tert-OH is 2. The van der Waals surface area contributed by atoms with Crippen LogP contribution in [0.5, 0.6) is 0 Å². The highest BCUT2D eigenvalue weighted by molar-refractivity contribution is 6.00. The molecule has 0 aliphatic carbocycles. The summed E-state index contributed by atoms with van der Waals surface area (Å²) < 4.78 is 13.3. The van der Waals surface area contributed by atoms with Crippen LogP contribution in [0.25, 0.3) is 11.0 Å². The number of amides is 1. The second-order valence-electron chi connectivity index (χ2n) is 7.71. The van der Waals surface area contributed by atoms with Gasteiger partial charge in [-0.05, 0) is 19.1 Å². The molecule has 4 atom stereocenters. The second-order valence-corrected chi connectivity index (χ2v) is 7.71. The molecule has 9 nitrogen and oxygen atoms in total. The minimum Gasteiger partial charge on any atom is -0.394 e. The average molecular weight is 436 g/mol. The lowest BCUT2D eigenvalue weighted by atomic mass is 9.96. The van der Waals surface area contributed by atoms with Crippen LogP contribution in [0.4, 0.5) is 5.82 Å². The summed E-state index contributed by atoms with van der Waals surface area (Å²) in [6.45, 7) is 2.72. The average Bonchev–Trinajstić information content (AvgIpc) is 3.28. The smallest absolute Gasteiger partial charge is 0.222 e. The molecule has 1 aromatic carbocycles. The van der Waals surface area contributed by atoms with Crippen LogP contribution in [0.1, 0.15) is 31.2 Å². The summed E-state index contributed by atoms with van der Waals surface area (Å²) in [5, 5.41) is 23.6. The first kappa shape index (κ1) is 21.9. The number of carbonyl (C=O) groups excluding carboxylic acids is 1. The Bertz CT molecular complexity index is 1200. The van der Waals surface area contributed by atoms with Crippen LogP contribution in [0.15, 0.2) is 42.9 Å². The van der Waals surface area contributed by atoms with Gasteiger partial charge in [0, 0.05) is 25.8 Å². The number of fused-ring (bicyclic) bond motifs is 1. The predicted molar refractivity (Wildman–Crippen MR) is 117 cm³/mol. The van der Waals surface area contributed by atoms with E-state index in [-0.39, 0.29) is 12.5 Å². The molecule has 2 unspecified atom stereocenters. The van der Waals surface area contributed by atoms with Crippen molar-refractivity contribution in [2.75, 3.05) is 19.0 Å². The Morgan fingerprint density at radius 3 is 2.72 bits per heavy atom. The summed E-state index contributed by atoms with van der Waals surface area (Å²) in [4.78, 5) is 20.4. The van der Waals surface area contributed by atoms with Crippen LogP contribution >= 0.6 is 0 Å². The normalized spacial score (nSPS) is 24.8. The van der Waals surface area contributed by atoms with E-state index in [0.29, 0.717) is 22.4 Å². The van der Waals surface area contributed by atoms with E-state index in [2.05, 4.69) is 27.1 Å². The first-order valence-electron chi connectivity index (χ1n) is 10.1. The van der Waals surface area contributed by atoms with E-state index in [4.69, 9.17) is 9.47 Å². The maximum Gasteiger partial charge on any atom is 0.222 e. The molecule has 0 bridgehead atoms. The predicted octanol–water partition coefficient (Wildman–Crippen LogP) is 1.45. The van der Waals surface area contributed by atoms with Crippen LogP contribution < -0.4 is 5.32 Å². The van der Waals surface area contributed by atoms with E-state index in [0.717, 1.165) is 5.56 Å². The standard InChI is InChI=1S/C23H24N4O5/c1-14(29)26-20-18-16(10-9-15-7-5-4-6-8-15)11-27(21(18)25-13-24-20)22-23(2,31-3)19(30)17(12-28)32-22/h4-8,11,13,17,19,22,28,30H,12H2,1-3H3,(H,24,25,26,29)/t17?,19?,22-,23-/m1/s1. The number of nitrogens with one attached hydrogen (secondary N) is 1. The number of ether oxygens (including phenoxy) is 2. The van der Waals surface area contributed by atoms with Gasteiger partial charge in [0.2, 0.25) is 5.91 Å². The van der Waals surface area contributed by atoms with Gasteiger partial charge in [0.15, 0.2) is 6.23 Å². The van der Waals surface area contributed by atoms with E-state index < -0.39 is 24.0 Å². The molecule has 32 heavy (non-hydrogen) atoms. The highest BCUT2D eigenvalue weighted by atomic mass is 16.6. The monoisotopic (exact) mass is 436 g/mol. The van der Waals surface area contributed by atoms with Crippen molar-refractivity contribution in [2.45, 2.75) is 37.9 Å². The maximum absolute atomic E-state index is 11.8. The molecule has 9 heteroatoms. The zero-order valence-corrected chi connectivity index (χ0v) is 17.9. The summed E-state index contributed by atoms with van der Waals surface area (Å²) in [5.74, 6) is 6.27.